The van der Waals surface area contributed by atoms with Crippen LogP contribution in [0, 0.1) is 0 Å². The first-order valence-corrected chi connectivity index (χ1v) is 11.0. The maximum atomic E-state index is 12.5. The van der Waals surface area contributed by atoms with Crippen molar-refractivity contribution in [3.63, 3.8) is 0 Å². The van der Waals surface area contributed by atoms with Crippen LogP contribution in [-0.2, 0) is 22.0 Å². The Kier molecular flexibility index (Phi) is 6.44. The van der Waals surface area contributed by atoms with Gasteiger partial charge in [0.2, 0.25) is 0 Å². The van der Waals surface area contributed by atoms with E-state index >= 15 is 0 Å². The van der Waals surface area contributed by atoms with E-state index in [-0.39, 0.29) is 23.3 Å². The van der Waals surface area contributed by atoms with E-state index < -0.39 is 0 Å². The Labute approximate surface area is 186 Å². The number of carbonyl (C=O) groups excluding carboxylic acids is 1. The number of phenols is 1. The Morgan fingerprint density at radius 2 is 1.71 bits per heavy atom. The van der Waals surface area contributed by atoms with Crippen LogP contribution >= 0.6 is 0 Å². The van der Waals surface area contributed by atoms with Gasteiger partial charge in [-0.2, -0.15) is 5.10 Å². The fourth-order valence-corrected chi connectivity index (χ4v) is 4.04. The molecular formula is C26H35N3O2. The molecule has 1 aliphatic rings. The molecule has 5 heteroatoms. The predicted octanol–water partition coefficient (Wildman–Crippen LogP) is 4.89. The molecule has 0 radical (unpaired) electrons. The molecule has 0 aliphatic carbocycles. The van der Waals surface area contributed by atoms with Crippen molar-refractivity contribution in [1.82, 2.24) is 5.43 Å². The summed E-state index contributed by atoms with van der Waals surface area (Å²) in [7, 11) is 0. The molecular weight excluding hydrogens is 386 g/mol. The standard InChI is InChI=1S/C26H35N3O2/c1-25(2,3)20-14-18(15-21(24(20)31)26(4,5)6)16-27-28-23(30)17-29-13-9-11-19-10-7-8-12-22(19)29/h7-8,10,12,14-16,31H,9,11,13,17H2,1-6H3,(H,28,30). The summed E-state index contributed by atoms with van der Waals surface area (Å²) < 4.78 is 0. The van der Waals surface area contributed by atoms with E-state index in [0.29, 0.717) is 5.75 Å². The van der Waals surface area contributed by atoms with Crippen molar-refractivity contribution in [2.45, 2.75) is 65.2 Å². The lowest BCUT2D eigenvalue weighted by molar-refractivity contribution is -0.119. The van der Waals surface area contributed by atoms with Gasteiger partial charge in [-0.1, -0.05) is 59.7 Å². The number of hydrazone groups is 1. The van der Waals surface area contributed by atoms with Crippen LogP contribution in [0.5, 0.6) is 5.75 Å². The molecule has 0 aromatic heterocycles. The maximum absolute atomic E-state index is 12.5. The van der Waals surface area contributed by atoms with E-state index in [9.17, 15) is 9.90 Å². The first kappa shape index (κ1) is 22.9. The zero-order chi connectivity index (χ0) is 22.8. The van der Waals surface area contributed by atoms with Gasteiger partial charge in [-0.3, -0.25) is 4.79 Å². The lowest BCUT2D eigenvalue weighted by Gasteiger charge is -2.30. The van der Waals surface area contributed by atoms with Crippen LogP contribution in [0.3, 0.4) is 0 Å². The number of aromatic hydroxyl groups is 1. The fourth-order valence-electron chi connectivity index (χ4n) is 4.04. The summed E-state index contributed by atoms with van der Waals surface area (Å²) in [5.41, 5.74) is 7.28. The molecule has 5 nitrogen and oxygen atoms in total. The molecule has 0 spiro atoms. The second-order valence-electron chi connectivity index (χ2n) is 10.4. The van der Waals surface area contributed by atoms with Crippen molar-refractivity contribution < 1.29 is 9.90 Å². The van der Waals surface area contributed by atoms with Gasteiger partial charge in [0, 0.05) is 23.4 Å². The summed E-state index contributed by atoms with van der Waals surface area (Å²) in [5.74, 6) is 0.198. The van der Waals surface area contributed by atoms with Crippen LogP contribution in [0.4, 0.5) is 5.69 Å². The summed E-state index contributed by atoms with van der Waals surface area (Å²) in [6.45, 7) is 13.6. The van der Waals surface area contributed by atoms with Crippen LogP contribution in [0.2, 0.25) is 0 Å². The topological polar surface area (TPSA) is 64.9 Å². The third-order valence-electron chi connectivity index (χ3n) is 5.69. The van der Waals surface area contributed by atoms with Crippen LogP contribution in [0.1, 0.15) is 70.2 Å². The second-order valence-corrected chi connectivity index (χ2v) is 10.4. The molecule has 31 heavy (non-hydrogen) atoms. The number of nitrogens with zero attached hydrogens (tertiary/aromatic N) is 2. The molecule has 2 aromatic rings. The largest absolute Gasteiger partial charge is 0.507 e. The smallest absolute Gasteiger partial charge is 0.259 e. The van der Waals surface area contributed by atoms with Gasteiger partial charge in [-0.25, -0.2) is 5.43 Å². The zero-order valence-electron chi connectivity index (χ0n) is 19.6. The van der Waals surface area contributed by atoms with Gasteiger partial charge in [0.1, 0.15) is 5.75 Å². The molecule has 2 aromatic carbocycles. The molecule has 0 atom stereocenters. The van der Waals surface area contributed by atoms with Gasteiger partial charge in [0.05, 0.1) is 12.8 Å². The number of benzene rings is 2. The summed E-state index contributed by atoms with van der Waals surface area (Å²) in [5, 5.41) is 15.0. The van der Waals surface area contributed by atoms with Crippen molar-refractivity contribution in [1.29, 1.82) is 0 Å². The highest BCUT2D eigenvalue weighted by Gasteiger charge is 2.26. The Morgan fingerprint density at radius 1 is 1.10 bits per heavy atom. The Morgan fingerprint density at radius 3 is 2.32 bits per heavy atom. The summed E-state index contributed by atoms with van der Waals surface area (Å²) in [4.78, 5) is 14.6. The molecule has 0 saturated heterocycles. The highest BCUT2D eigenvalue weighted by Crippen LogP contribution is 2.39. The average molecular weight is 422 g/mol. The molecule has 1 amide bonds. The monoisotopic (exact) mass is 421 g/mol. The number of aryl methyl sites for hydroxylation is 1. The number of anilines is 1. The van der Waals surface area contributed by atoms with E-state index in [1.54, 1.807) is 6.21 Å². The Bertz CT molecular complexity index is 946. The third kappa shape index (κ3) is 5.46. The van der Waals surface area contributed by atoms with Gasteiger partial charge in [0.25, 0.3) is 5.91 Å². The number of carbonyl (C=O) groups is 1. The van der Waals surface area contributed by atoms with Crippen molar-refractivity contribution in [3.8, 4) is 5.75 Å². The molecule has 0 saturated carbocycles. The first-order chi connectivity index (χ1) is 14.5. The fraction of sp³-hybridized carbons (Fsp3) is 0.462. The molecule has 1 heterocycles. The van der Waals surface area contributed by atoms with Crippen molar-refractivity contribution in [2.24, 2.45) is 5.10 Å². The summed E-state index contributed by atoms with van der Waals surface area (Å²) in [6.07, 6.45) is 3.76. The van der Waals surface area contributed by atoms with E-state index in [1.165, 1.54) is 5.56 Å². The number of rotatable bonds is 4. The number of fused-ring (bicyclic) bond motifs is 1. The average Bonchev–Trinajstić information content (AvgIpc) is 2.67. The number of hydrogen-bond acceptors (Lipinski definition) is 4. The number of hydrogen-bond donors (Lipinski definition) is 2. The quantitative estimate of drug-likeness (QED) is 0.546. The molecule has 2 N–H and O–H groups in total. The predicted molar refractivity (Wildman–Crippen MR) is 128 cm³/mol. The van der Waals surface area contributed by atoms with Gasteiger partial charge in [-0.05, 0) is 53.0 Å². The molecule has 166 valence electrons. The molecule has 0 fully saturated rings. The number of nitrogens with one attached hydrogen (secondary N) is 1. The minimum absolute atomic E-state index is 0.140. The van der Waals surface area contributed by atoms with Gasteiger partial charge >= 0.3 is 0 Å². The first-order valence-electron chi connectivity index (χ1n) is 11.0. The van der Waals surface area contributed by atoms with Gasteiger partial charge in [-0.15, -0.1) is 0 Å². The number of phenolic OH excluding ortho intramolecular Hbond substituents is 1. The van der Waals surface area contributed by atoms with Crippen molar-refractivity contribution in [3.05, 3.63) is 58.7 Å². The normalized spacial score (nSPS) is 14.6. The highest BCUT2D eigenvalue weighted by atomic mass is 16.3. The van der Waals surface area contributed by atoms with E-state index in [2.05, 4.69) is 69.1 Å². The van der Waals surface area contributed by atoms with Crippen molar-refractivity contribution in [2.75, 3.05) is 18.0 Å². The molecule has 1 aliphatic heterocycles. The minimum atomic E-state index is -0.209. The molecule has 3 rings (SSSR count). The lowest BCUT2D eigenvalue weighted by Crippen LogP contribution is -2.38. The zero-order valence-corrected chi connectivity index (χ0v) is 19.6. The second kappa shape index (κ2) is 8.74. The Balaban J connectivity index is 1.74. The van der Waals surface area contributed by atoms with Gasteiger partial charge in [0.15, 0.2) is 0 Å². The van der Waals surface area contributed by atoms with Crippen molar-refractivity contribution >= 4 is 17.8 Å². The summed E-state index contributed by atoms with van der Waals surface area (Å²) in [6, 6.07) is 12.1. The van der Waals surface area contributed by atoms with Crippen LogP contribution in [-0.4, -0.2) is 30.3 Å². The lowest BCUT2D eigenvalue weighted by atomic mass is 9.78. The maximum Gasteiger partial charge on any atom is 0.259 e. The Hall–Kier alpha value is -2.82. The third-order valence-corrected chi connectivity index (χ3v) is 5.69. The SMILES string of the molecule is CC(C)(C)c1cc(C=NNC(=O)CN2CCCc3ccccc32)cc(C(C)(C)C)c1O. The van der Waals surface area contributed by atoms with Crippen LogP contribution in [0.15, 0.2) is 41.5 Å². The number of para-hydroxylation sites is 1. The number of amides is 1. The molecule has 0 unspecified atom stereocenters. The minimum Gasteiger partial charge on any atom is -0.507 e. The summed E-state index contributed by atoms with van der Waals surface area (Å²) >= 11 is 0. The van der Waals surface area contributed by atoms with E-state index in [1.807, 2.05) is 24.3 Å². The van der Waals surface area contributed by atoms with E-state index in [4.69, 9.17) is 0 Å². The van der Waals surface area contributed by atoms with Crippen LogP contribution < -0.4 is 10.3 Å². The van der Waals surface area contributed by atoms with Gasteiger partial charge < -0.3 is 10.0 Å². The molecule has 0 bridgehead atoms. The highest BCUT2D eigenvalue weighted by molar-refractivity contribution is 5.85. The van der Waals surface area contributed by atoms with Crippen LogP contribution in [0.25, 0.3) is 0 Å². The van der Waals surface area contributed by atoms with E-state index in [0.717, 1.165) is 41.8 Å².